The van der Waals surface area contributed by atoms with Crippen LogP contribution in [-0.4, -0.2) is 33.1 Å². The highest BCUT2D eigenvalue weighted by molar-refractivity contribution is 7.18. The first-order valence-electron chi connectivity index (χ1n) is 9.72. The fraction of sp³-hybridized carbons (Fsp3) is 0.318. The number of hydrogen-bond donors (Lipinski definition) is 0. The highest BCUT2D eigenvalue weighted by Gasteiger charge is 2.25. The zero-order chi connectivity index (χ0) is 18.9. The molecule has 1 atom stereocenters. The molecule has 1 fully saturated rings. The van der Waals surface area contributed by atoms with Crippen LogP contribution in [0.2, 0.25) is 0 Å². The Balaban J connectivity index is 1.28. The number of nitrogens with zero attached hydrogens (tertiary/aromatic N) is 4. The molecule has 5 rings (SSSR count). The zero-order valence-electron chi connectivity index (χ0n) is 15.8. The molecule has 0 saturated carbocycles. The van der Waals surface area contributed by atoms with Crippen LogP contribution in [0.5, 0.6) is 0 Å². The van der Waals surface area contributed by atoms with Crippen LogP contribution >= 0.6 is 11.3 Å². The maximum atomic E-state index is 5.53. The van der Waals surface area contributed by atoms with E-state index in [4.69, 9.17) is 9.51 Å². The van der Waals surface area contributed by atoms with Crippen LogP contribution < -0.4 is 0 Å². The number of para-hydroxylation sites is 1. The molecular weight excluding hydrogens is 368 g/mol. The van der Waals surface area contributed by atoms with Crippen molar-refractivity contribution in [1.29, 1.82) is 0 Å². The van der Waals surface area contributed by atoms with Crippen molar-refractivity contribution in [2.45, 2.75) is 32.2 Å². The fourth-order valence-corrected chi connectivity index (χ4v) is 4.89. The van der Waals surface area contributed by atoms with Gasteiger partial charge < -0.3 is 4.52 Å². The van der Waals surface area contributed by atoms with E-state index < -0.39 is 0 Å². The normalized spacial score (nSPS) is 18.0. The molecule has 6 heteroatoms. The summed E-state index contributed by atoms with van der Waals surface area (Å²) in [5.74, 6) is 1.82. The molecule has 0 radical (unpaired) electrons. The molecule has 0 spiro atoms. The van der Waals surface area contributed by atoms with Crippen LogP contribution in [0, 0.1) is 6.92 Å². The maximum Gasteiger partial charge on any atom is 0.241 e. The quantitative estimate of drug-likeness (QED) is 0.489. The van der Waals surface area contributed by atoms with Gasteiger partial charge in [-0.2, -0.15) is 4.98 Å². The lowest BCUT2D eigenvalue weighted by atomic mass is 9.99. The lowest BCUT2D eigenvalue weighted by Gasteiger charge is -2.30. The van der Waals surface area contributed by atoms with Crippen LogP contribution in [0.25, 0.3) is 21.6 Å². The number of benzene rings is 2. The van der Waals surface area contributed by atoms with Crippen LogP contribution in [0.15, 0.2) is 53.1 Å². The van der Waals surface area contributed by atoms with Gasteiger partial charge in [-0.1, -0.05) is 47.1 Å². The molecule has 1 aliphatic rings. The molecule has 2 aromatic heterocycles. The van der Waals surface area contributed by atoms with Crippen LogP contribution in [0.4, 0.5) is 0 Å². The summed E-state index contributed by atoms with van der Waals surface area (Å²) in [4.78, 5) is 11.9. The lowest BCUT2D eigenvalue weighted by Crippen LogP contribution is -2.33. The number of thiazole rings is 1. The molecule has 1 aliphatic heterocycles. The van der Waals surface area contributed by atoms with Crippen LogP contribution in [0.3, 0.4) is 0 Å². The number of aromatic nitrogens is 3. The second-order valence-corrected chi connectivity index (χ2v) is 8.53. The van der Waals surface area contributed by atoms with Crippen molar-refractivity contribution in [3.8, 4) is 11.4 Å². The molecule has 0 amide bonds. The minimum absolute atomic E-state index is 0.477. The Bertz CT molecular complexity index is 1050. The third-order valence-corrected chi connectivity index (χ3v) is 6.50. The lowest BCUT2D eigenvalue weighted by molar-refractivity contribution is 0.177. The number of hydrogen-bond acceptors (Lipinski definition) is 6. The van der Waals surface area contributed by atoms with Gasteiger partial charge in [-0.15, -0.1) is 11.3 Å². The first-order chi connectivity index (χ1) is 13.7. The molecule has 0 aliphatic carbocycles. The number of piperidine rings is 1. The van der Waals surface area contributed by atoms with Gasteiger partial charge in [-0.3, -0.25) is 4.90 Å². The Morgan fingerprint density at radius 1 is 1.11 bits per heavy atom. The summed E-state index contributed by atoms with van der Waals surface area (Å²) in [7, 11) is 0. The summed E-state index contributed by atoms with van der Waals surface area (Å²) < 4.78 is 6.80. The molecule has 4 aromatic rings. The van der Waals surface area contributed by atoms with Crippen molar-refractivity contribution >= 4 is 21.6 Å². The predicted molar refractivity (Wildman–Crippen MR) is 111 cm³/mol. The predicted octanol–water partition coefficient (Wildman–Crippen LogP) is 5.03. The summed E-state index contributed by atoms with van der Waals surface area (Å²) in [6.07, 6.45) is 2.36. The third kappa shape index (κ3) is 3.57. The van der Waals surface area contributed by atoms with E-state index in [1.54, 1.807) is 0 Å². The van der Waals surface area contributed by atoms with Crippen LogP contribution in [-0.2, 0) is 6.54 Å². The Morgan fingerprint density at radius 2 is 1.96 bits per heavy atom. The van der Waals surface area contributed by atoms with E-state index >= 15 is 0 Å². The largest absolute Gasteiger partial charge is 0.338 e. The second kappa shape index (κ2) is 7.45. The molecule has 5 nitrogen and oxygen atoms in total. The molecule has 3 heterocycles. The standard InChI is InChI=1S/C22H22N4OS/c1-15-8-10-16(11-9-15)21-24-20(27-25-21)14-26-12-4-5-17(13-26)22-23-18-6-2-3-7-19(18)28-22/h2-3,6-11,17H,4-5,12-14H2,1H3/t17-/m0/s1. The van der Waals surface area contributed by atoms with Crippen molar-refractivity contribution in [2.75, 3.05) is 13.1 Å². The first kappa shape index (κ1) is 17.5. The van der Waals surface area contributed by atoms with Crippen LogP contribution in [0.1, 0.15) is 35.2 Å². The fourth-order valence-electron chi connectivity index (χ4n) is 3.80. The van der Waals surface area contributed by atoms with Gasteiger partial charge in [-0.25, -0.2) is 4.98 Å². The van der Waals surface area contributed by atoms with Gasteiger partial charge in [0.2, 0.25) is 11.7 Å². The maximum absolute atomic E-state index is 5.53. The number of fused-ring (bicyclic) bond motifs is 1. The van der Waals surface area contributed by atoms with Gasteiger partial charge in [0.05, 0.1) is 21.8 Å². The van der Waals surface area contributed by atoms with Gasteiger partial charge in [-0.05, 0) is 38.4 Å². The van der Waals surface area contributed by atoms with E-state index in [-0.39, 0.29) is 0 Å². The van der Waals surface area contributed by atoms with Gasteiger partial charge >= 0.3 is 0 Å². The minimum atomic E-state index is 0.477. The van der Waals surface area contributed by atoms with Crippen molar-refractivity contribution in [3.05, 3.63) is 65.0 Å². The Kier molecular flexibility index (Phi) is 4.66. The minimum Gasteiger partial charge on any atom is -0.338 e. The number of likely N-dealkylation sites (tertiary alicyclic amines) is 1. The molecule has 1 saturated heterocycles. The van der Waals surface area contributed by atoms with Crippen molar-refractivity contribution < 1.29 is 4.52 Å². The molecule has 0 unspecified atom stereocenters. The average Bonchev–Trinajstić information content (AvgIpc) is 3.36. The summed E-state index contributed by atoms with van der Waals surface area (Å²) in [5, 5.41) is 5.41. The van der Waals surface area contributed by atoms with Crippen molar-refractivity contribution in [2.24, 2.45) is 0 Å². The van der Waals surface area contributed by atoms with E-state index in [0.717, 1.165) is 24.2 Å². The number of aryl methyl sites for hydroxylation is 1. The highest BCUT2D eigenvalue weighted by Crippen LogP contribution is 2.33. The van der Waals surface area contributed by atoms with Crippen molar-refractivity contribution in [1.82, 2.24) is 20.0 Å². The Morgan fingerprint density at radius 3 is 2.82 bits per heavy atom. The topological polar surface area (TPSA) is 55.1 Å². The SMILES string of the molecule is Cc1ccc(-c2noc(CN3CCC[C@H](c4nc5ccccc5s4)C3)n2)cc1. The van der Waals surface area contributed by atoms with Gasteiger partial charge in [0.15, 0.2) is 0 Å². The van der Waals surface area contributed by atoms with Crippen molar-refractivity contribution in [3.63, 3.8) is 0 Å². The van der Waals surface area contributed by atoms with Gasteiger partial charge in [0.25, 0.3) is 0 Å². The smallest absolute Gasteiger partial charge is 0.241 e. The van der Waals surface area contributed by atoms with Gasteiger partial charge in [0, 0.05) is 18.0 Å². The number of rotatable bonds is 4. The summed E-state index contributed by atoms with van der Waals surface area (Å²) in [6, 6.07) is 16.6. The highest BCUT2D eigenvalue weighted by atomic mass is 32.1. The summed E-state index contributed by atoms with van der Waals surface area (Å²) in [5.41, 5.74) is 3.33. The third-order valence-electron chi connectivity index (χ3n) is 5.30. The zero-order valence-corrected chi connectivity index (χ0v) is 16.7. The monoisotopic (exact) mass is 390 g/mol. The molecule has 142 valence electrons. The van der Waals surface area contributed by atoms with Gasteiger partial charge in [0.1, 0.15) is 0 Å². The van der Waals surface area contributed by atoms with E-state index in [2.05, 4.69) is 58.4 Å². The van der Waals surface area contributed by atoms with E-state index in [1.807, 2.05) is 23.5 Å². The second-order valence-electron chi connectivity index (χ2n) is 7.47. The molecule has 2 aromatic carbocycles. The molecular formula is C22H22N4OS. The Labute approximate surface area is 168 Å². The molecule has 28 heavy (non-hydrogen) atoms. The summed E-state index contributed by atoms with van der Waals surface area (Å²) in [6.45, 7) is 4.82. The van der Waals surface area contributed by atoms with E-state index in [0.29, 0.717) is 24.2 Å². The summed E-state index contributed by atoms with van der Waals surface area (Å²) >= 11 is 1.83. The molecule has 0 N–H and O–H groups in total. The average molecular weight is 391 g/mol. The van der Waals surface area contributed by atoms with E-state index in [9.17, 15) is 0 Å². The van der Waals surface area contributed by atoms with E-state index in [1.165, 1.54) is 28.1 Å². The first-order valence-corrected chi connectivity index (χ1v) is 10.5. The molecule has 0 bridgehead atoms. The Hall–Kier alpha value is -2.57.